The van der Waals surface area contributed by atoms with E-state index >= 15 is 0 Å². The van der Waals surface area contributed by atoms with E-state index in [1.807, 2.05) is 36.1 Å². The molecule has 0 atom stereocenters. The molecule has 1 saturated heterocycles. The van der Waals surface area contributed by atoms with Crippen LogP contribution in [0.15, 0.2) is 54.7 Å². The number of aromatic amines is 2. The van der Waals surface area contributed by atoms with Crippen LogP contribution in [0.3, 0.4) is 0 Å². The Kier molecular flexibility index (Phi) is 5.30. The number of nitrogens with two attached hydrogens (primary N) is 1. The number of likely N-dealkylation sites (tertiary alicyclic amines) is 1. The average molecular weight is 402 g/mol. The van der Waals surface area contributed by atoms with Crippen LogP contribution in [0.2, 0.25) is 0 Å². The lowest BCUT2D eigenvalue weighted by atomic mass is 10.1. The predicted octanol–water partition coefficient (Wildman–Crippen LogP) is 2.89. The van der Waals surface area contributed by atoms with E-state index in [0.29, 0.717) is 11.3 Å². The van der Waals surface area contributed by atoms with Gasteiger partial charge in [-0.2, -0.15) is 5.10 Å². The van der Waals surface area contributed by atoms with Crippen molar-refractivity contribution in [1.29, 1.82) is 0 Å². The van der Waals surface area contributed by atoms with E-state index in [2.05, 4.69) is 20.2 Å². The van der Waals surface area contributed by atoms with Crippen molar-refractivity contribution in [3.63, 3.8) is 0 Å². The number of hydrogen-bond acceptors (Lipinski definition) is 4. The topological polar surface area (TPSA) is 121 Å². The second-order valence-electron chi connectivity index (χ2n) is 7.10. The van der Waals surface area contributed by atoms with E-state index in [9.17, 15) is 9.59 Å². The highest BCUT2D eigenvalue weighted by Crippen LogP contribution is 2.23. The minimum absolute atomic E-state index is 0.0558. The maximum absolute atomic E-state index is 12.2. The van der Waals surface area contributed by atoms with Crippen LogP contribution in [0, 0.1) is 6.92 Å². The first kappa shape index (κ1) is 19.4. The van der Waals surface area contributed by atoms with Crippen LogP contribution in [0.5, 0.6) is 0 Å². The highest BCUT2D eigenvalue weighted by molar-refractivity contribution is 5.98. The lowest BCUT2D eigenvalue weighted by Gasteiger charge is -2.30. The van der Waals surface area contributed by atoms with Gasteiger partial charge in [-0.1, -0.05) is 18.2 Å². The zero-order valence-corrected chi connectivity index (χ0v) is 16.6. The molecule has 4 aromatic rings. The van der Waals surface area contributed by atoms with Crippen molar-refractivity contribution >= 4 is 22.8 Å². The predicted molar refractivity (Wildman–Crippen MR) is 114 cm³/mol. The number of pyridine rings is 1. The Morgan fingerprint density at radius 3 is 2.43 bits per heavy atom. The van der Waals surface area contributed by atoms with Crippen molar-refractivity contribution in [3.8, 4) is 11.3 Å². The third-order valence-electron chi connectivity index (χ3n) is 5.02. The van der Waals surface area contributed by atoms with Gasteiger partial charge in [-0.15, -0.1) is 0 Å². The highest BCUT2D eigenvalue weighted by atomic mass is 16.2. The summed E-state index contributed by atoms with van der Waals surface area (Å²) < 4.78 is 0. The molecule has 1 aliphatic rings. The van der Waals surface area contributed by atoms with Gasteiger partial charge in [0, 0.05) is 35.3 Å². The van der Waals surface area contributed by atoms with Crippen molar-refractivity contribution in [2.24, 2.45) is 5.73 Å². The summed E-state index contributed by atoms with van der Waals surface area (Å²) in [5.74, 6) is -0.323. The number of nitrogens with zero attached hydrogens (tertiary/aromatic N) is 3. The number of rotatable bonds is 3. The molecule has 4 heterocycles. The standard InChI is InChI=1S/C15H15N5O.C7H7NO/c1-9-11(8-16-19-9)12-4-3-10-7-13(18-14(10)17-12)15(21)20-5-2-6-20;8-7(9)6-4-2-1-3-5-6/h3-4,7-8H,2,5-6H2,1H3,(H,16,19)(H,17,18);1-5H,(H2,8,9). The van der Waals surface area contributed by atoms with Crippen LogP contribution < -0.4 is 5.73 Å². The molecule has 0 bridgehead atoms. The molecule has 3 aromatic heterocycles. The molecular formula is C22H22N6O2. The molecule has 1 aromatic carbocycles. The van der Waals surface area contributed by atoms with Gasteiger partial charge in [-0.05, 0) is 43.7 Å². The third kappa shape index (κ3) is 3.93. The lowest BCUT2D eigenvalue weighted by molar-refractivity contribution is 0.0646. The fraction of sp³-hybridized carbons (Fsp3) is 0.182. The SMILES string of the molecule is Cc1[nH]ncc1-c1ccc2cc(C(=O)N3CCC3)[nH]c2n1.NC(=O)c1ccccc1. The van der Waals surface area contributed by atoms with Crippen molar-refractivity contribution < 1.29 is 9.59 Å². The Morgan fingerprint density at radius 2 is 1.87 bits per heavy atom. The van der Waals surface area contributed by atoms with Crippen molar-refractivity contribution in [2.75, 3.05) is 13.1 Å². The second-order valence-corrected chi connectivity index (χ2v) is 7.10. The first-order chi connectivity index (χ1) is 14.5. The molecule has 0 radical (unpaired) electrons. The van der Waals surface area contributed by atoms with Gasteiger partial charge in [0.15, 0.2) is 0 Å². The maximum Gasteiger partial charge on any atom is 0.270 e. The number of carbonyl (C=O) groups excluding carboxylic acids is 2. The summed E-state index contributed by atoms with van der Waals surface area (Å²) in [5, 5.41) is 7.87. The largest absolute Gasteiger partial charge is 0.366 e. The van der Waals surface area contributed by atoms with Crippen molar-refractivity contribution in [2.45, 2.75) is 13.3 Å². The van der Waals surface area contributed by atoms with Crippen LogP contribution in [0.4, 0.5) is 0 Å². The summed E-state index contributed by atoms with van der Waals surface area (Å²) in [5.41, 5.74) is 9.67. The second kappa shape index (κ2) is 8.20. The number of benzene rings is 1. The number of fused-ring (bicyclic) bond motifs is 1. The van der Waals surface area contributed by atoms with Crippen LogP contribution in [-0.4, -0.2) is 50.0 Å². The van der Waals surface area contributed by atoms with Crippen LogP contribution in [0.25, 0.3) is 22.3 Å². The molecule has 0 aliphatic carbocycles. The number of hydrogen-bond donors (Lipinski definition) is 3. The fourth-order valence-electron chi connectivity index (χ4n) is 3.17. The van der Waals surface area contributed by atoms with E-state index in [1.54, 1.807) is 30.5 Å². The molecule has 5 rings (SSSR count). The summed E-state index contributed by atoms with van der Waals surface area (Å²) in [4.78, 5) is 32.2. The smallest absolute Gasteiger partial charge is 0.270 e. The highest BCUT2D eigenvalue weighted by Gasteiger charge is 2.23. The first-order valence-corrected chi connectivity index (χ1v) is 9.67. The number of primary amides is 1. The normalized spacial score (nSPS) is 12.8. The maximum atomic E-state index is 12.2. The Morgan fingerprint density at radius 1 is 1.10 bits per heavy atom. The van der Waals surface area contributed by atoms with E-state index < -0.39 is 0 Å². The van der Waals surface area contributed by atoms with Gasteiger partial charge in [0.05, 0.1) is 11.9 Å². The fourth-order valence-corrected chi connectivity index (χ4v) is 3.17. The number of amides is 2. The molecule has 30 heavy (non-hydrogen) atoms. The molecule has 8 nitrogen and oxygen atoms in total. The molecule has 8 heteroatoms. The van der Waals surface area contributed by atoms with Gasteiger partial charge in [-0.25, -0.2) is 4.98 Å². The average Bonchev–Trinajstić information content (AvgIpc) is 3.33. The van der Waals surface area contributed by atoms with Gasteiger partial charge in [0.1, 0.15) is 11.3 Å². The van der Waals surface area contributed by atoms with Crippen LogP contribution >= 0.6 is 0 Å². The molecule has 1 fully saturated rings. The summed E-state index contributed by atoms with van der Waals surface area (Å²) in [6.07, 6.45) is 2.85. The lowest BCUT2D eigenvalue weighted by Crippen LogP contribution is -2.42. The third-order valence-corrected chi connectivity index (χ3v) is 5.02. The molecule has 0 unspecified atom stereocenters. The molecule has 4 N–H and O–H groups in total. The molecule has 0 spiro atoms. The number of aromatic nitrogens is 4. The monoisotopic (exact) mass is 402 g/mol. The molecular weight excluding hydrogens is 380 g/mol. The van der Waals surface area contributed by atoms with E-state index in [1.165, 1.54) is 0 Å². The van der Waals surface area contributed by atoms with E-state index in [-0.39, 0.29) is 11.8 Å². The zero-order valence-electron chi connectivity index (χ0n) is 16.6. The quantitative estimate of drug-likeness (QED) is 0.488. The molecule has 1 aliphatic heterocycles. The number of nitrogens with one attached hydrogen (secondary N) is 2. The number of H-pyrrole nitrogens is 2. The Hall–Kier alpha value is -3.94. The Balaban J connectivity index is 0.000000204. The first-order valence-electron chi connectivity index (χ1n) is 9.67. The molecule has 2 amide bonds. The zero-order chi connectivity index (χ0) is 21.1. The minimum Gasteiger partial charge on any atom is -0.366 e. The summed E-state index contributed by atoms with van der Waals surface area (Å²) in [6.45, 7) is 3.66. The Bertz CT molecular complexity index is 1190. The molecule has 0 saturated carbocycles. The Labute approximate surface area is 173 Å². The molecule has 152 valence electrons. The summed E-state index contributed by atoms with van der Waals surface area (Å²) >= 11 is 0. The van der Waals surface area contributed by atoms with E-state index in [4.69, 9.17) is 5.73 Å². The van der Waals surface area contributed by atoms with Crippen molar-refractivity contribution in [3.05, 3.63) is 71.7 Å². The van der Waals surface area contributed by atoms with Crippen LogP contribution in [-0.2, 0) is 0 Å². The van der Waals surface area contributed by atoms with E-state index in [0.717, 1.165) is 47.5 Å². The number of carbonyl (C=O) groups is 2. The van der Waals surface area contributed by atoms with Crippen molar-refractivity contribution in [1.82, 2.24) is 25.1 Å². The van der Waals surface area contributed by atoms with Gasteiger partial charge in [-0.3, -0.25) is 14.7 Å². The summed E-state index contributed by atoms with van der Waals surface area (Å²) in [7, 11) is 0. The van der Waals surface area contributed by atoms with Gasteiger partial charge >= 0.3 is 0 Å². The van der Waals surface area contributed by atoms with Gasteiger partial charge < -0.3 is 15.6 Å². The van der Waals surface area contributed by atoms with Gasteiger partial charge in [0.2, 0.25) is 5.91 Å². The minimum atomic E-state index is -0.379. The summed E-state index contributed by atoms with van der Waals surface area (Å²) in [6, 6.07) is 14.6. The van der Waals surface area contributed by atoms with Gasteiger partial charge in [0.25, 0.3) is 5.91 Å². The number of aryl methyl sites for hydroxylation is 1. The van der Waals surface area contributed by atoms with Crippen LogP contribution in [0.1, 0.15) is 33.0 Å².